The van der Waals surface area contributed by atoms with E-state index in [4.69, 9.17) is 14.2 Å². The van der Waals surface area contributed by atoms with Crippen molar-refractivity contribution in [3.63, 3.8) is 0 Å². The van der Waals surface area contributed by atoms with Gasteiger partial charge in [-0.3, -0.25) is 14.4 Å². The predicted molar refractivity (Wildman–Crippen MR) is 275 cm³/mol. The number of ether oxygens (including phenoxy) is 3. The molecule has 0 spiro atoms. The first-order chi connectivity index (χ1) is 31.5. The van der Waals surface area contributed by atoms with Crippen LogP contribution >= 0.6 is 0 Å². The van der Waals surface area contributed by atoms with Crippen LogP contribution in [0, 0.1) is 0 Å². The first-order valence-corrected chi connectivity index (χ1v) is 27.3. The highest BCUT2D eigenvalue weighted by molar-refractivity contribution is 5.71. The summed E-state index contributed by atoms with van der Waals surface area (Å²) in [5.41, 5.74) is 0. The van der Waals surface area contributed by atoms with Gasteiger partial charge in [-0.15, -0.1) is 0 Å². The maximum atomic E-state index is 12.8. The van der Waals surface area contributed by atoms with Gasteiger partial charge in [-0.25, -0.2) is 0 Å². The number of hydrogen-bond acceptors (Lipinski definition) is 6. The molecule has 0 saturated heterocycles. The number of esters is 3. The van der Waals surface area contributed by atoms with Gasteiger partial charge in [0.25, 0.3) is 0 Å². The molecule has 0 radical (unpaired) electrons. The minimum Gasteiger partial charge on any atom is -0.462 e. The van der Waals surface area contributed by atoms with E-state index in [2.05, 4.69) is 81.5 Å². The Morgan fingerprint density at radius 1 is 0.328 bits per heavy atom. The summed E-state index contributed by atoms with van der Waals surface area (Å²) in [5, 5.41) is 0. The minimum atomic E-state index is -0.786. The highest BCUT2D eigenvalue weighted by Crippen LogP contribution is 2.16. The zero-order valence-electron chi connectivity index (χ0n) is 42.3. The van der Waals surface area contributed by atoms with Crippen molar-refractivity contribution in [2.75, 3.05) is 13.2 Å². The number of carbonyl (C=O) groups excluding carboxylic acids is 3. The smallest absolute Gasteiger partial charge is 0.306 e. The van der Waals surface area contributed by atoms with E-state index in [1.54, 1.807) is 0 Å². The van der Waals surface area contributed by atoms with Gasteiger partial charge in [-0.2, -0.15) is 0 Å². The largest absolute Gasteiger partial charge is 0.462 e. The fraction of sp³-hybridized carbons (Fsp3) is 0.776. The number of carbonyl (C=O) groups is 3. The standard InChI is InChI=1S/C58H102O6/c1-4-7-10-13-16-18-20-22-24-26-28-30-31-33-35-37-39-42-45-48-51-57(60)63-54-55(53-62-56(59)50-47-44-41-15-12-9-6-3)64-58(61)52-49-46-43-40-38-36-34-32-29-27-25-23-21-19-17-14-11-8-5-2/h8,11,17,19,23,25,29,32,36,38,55H,4-7,9-10,12-16,18,20-22,24,26-28,30-31,33-35,37,39-54H2,1-3H3/b11-8-,19-17-,25-23-,32-29-,38-36-. The molecule has 0 aromatic carbocycles. The molecule has 0 amide bonds. The SMILES string of the molecule is CC/C=C\C/C=C\C/C=C\C/C=C\C/C=C\CCCCCC(=O)OC(COC(=O)CCCCCCCCC)COC(=O)CCCCCCCCCCCCCCCCCCCCCC. The van der Waals surface area contributed by atoms with Crippen LogP contribution < -0.4 is 0 Å². The Labute approximate surface area is 396 Å². The third kappa shape index (κ3) is 50.1. The average Bonchev–Trinajstić information content (AvgIpc) is 3.29. The molecule has 0 aliphatic carbocycles. The molecule has 6 heteroatoms. The molecule has 1 atom stereocenters. The Morgan fingerprint density at radius 2 is 0.609 bits per heavy atom. The summed E-state index contributed by atoms with van der Waals surface area (Å²) in [6.07, 6.45) is 65.2. The second-order valence-corrected chi connectivity index (χ2v) is 18.1. The Hall–Kier alpha value is -2.89. The number of unbranched alkanes of at least 4 members (excludes halogenated alkanes) is 28. The molecule has 1 unspecified atom stereocenters. The lowest BCUT2D eigenvalue weighted by Gasteiger charge is -2.18. The van der Waals surface area contributed by atoms with Crippen LogP contribution in [0.25, 0.3) is 0 Å². The molecule has 0 bridgehead atoms. The number of rotatable bonds is 49. The summed E-state index contributed by atoms with van der Waals surface area (Å²) in [6.45, 7) is 6.48. The molecule has 0 aromatic rings. The van der Waals surface area contributed by atoms with Crippen LogP contribution in [0.15, 0.2) is 60.8 Å². The monoisotopic (exact) mass is 895 g/mol. The Balaban J connectivity index is 4.26. The molecule has 0 aromatic heterocycles. The Morgan fingerprint density at radius 3 is 0.953 bits per heavy atom. The summed E-state index contributed by atoms with van der Waals surface area (Å²) in [5.74, 6) is -0.915. The molecule has 64 heavy (non-hydrogen) atoms. The predicted octanol–water partition coefficient (Wildman–Crippen LogP) is 18.0. The summed E-state index contributed by atoms with van der Waals surface area (Å²) in [6, 6.07) is 0. The van der Waals surface area contributed by atoms with E-state index < -0.39 is 6.10 Å². The number of hydrogen-bond donors (Lipinski definition) is 0. The van der Waals surface area contributed by atoms with Crippen LogP contribution in [-0.2, 0) is 28.6 Å². The molecule has 0 saturated carbocycles. The molecule has 6 nitrogen and oxygen atoms in total. The lowest BCUT2D eigenvalue weighted by Crippen LogP contribution is -2.30. The van der Waals surface area contributed by atoms with Crippen LogP contribution in [-0.4, -0.2) is 37.2 Å². The van der Waals surface area contributed by atoms with Crippen molar-refractivity contribution in [1.82, 2.24) is 0 Å². The highest BCUT2D eigenvalue weighted by Gasteiger charge is 2.19. The van der Waals surface area contributed by atoms with E-state index in [0.29, 0.717) is 19.3 Å². The van der Waals surface area contributed by atoms with Gasteiger partial charge in [0, 0.05) is 19.3 Å². The maximum Gasteiger partial charge on any atom is 0.306 e. The molecular weight excluding hydrogens is 793 g/mol. The third-order valence-corrected chi connectivity index (χ3v) is 11.8. The zero-order valence-corrected chi connectivity index (χ0v) is 42.3. The van der Waals surface area contributed by atoms with Crippen LogP contribution in [0.1, 0.15) is 271 Å². The molecule has 0 heterocycles. The van der Waals surface area contributed by atoms with E-state index in [0.717, 1.165) is 96.3 Å². The molecule has 0 fully saturated rings. The quantitative estimate of drug-likeness (QED) is 0.0262. The van der Waals surface area contributed by atoms with Gasteiger partial charge in [-0.1, -0.05) is 248 Å². The topological polar surface area (TPSA) is 78.9 Å². The van der Waals surface area contributed by atoms with Crippen molar-refractivity contribution in [2.24, 2.45) is 0 Å². The van der Waals surface area contributed by atoms with Gasteiger partial charge in [0.15, 0.2) is 6.10 Å². The minimum absolute atomic E-state index is 0.0848. The molecule has 370 valence electrons. The van der Waals surface area contributed by atoms with Crippen molar-refractivity contribution in [1.29, 1.82) is 0 Å². The Bertz CT molecular complexity index is 1170. The second-order valence-electron chi connectivity index (χ2n) is 18.1. The fourth-order valence-electron chi connectivity index (χ4n) is 7.70. The lowest BCUT2D eigenvalue weighted by molar-refractivity contribution is -0.167. The second kappa shape index (κ2) is 52.7. The molecule has 0 N–H and O–H groups in total. The van der Waals surface area contributed by atoms with Crippen molar-refractivity contribution >= 4 is 17.9 Å². The average molecular weight is 895 g/mol. The van der Waals surface area contributed by atoms with E-state index in [1.165, 1.54) is 135 Å². The van der Waals surface area contributed by atoms with Crippen molar-refractivity contribution in [3.05, 3.63) is 60.8 Å². The zero-order chi connectivity index (χ0) is 46.5. The molecule has 0 aliphatic rings. The molecule has 0 aliphatic heterocycles. The van der Waals surface area contributed by atoms with E-state index >= 15 is 0 Å². The summed E-state index contributed by atoms with van der Waals surface area (Å²) in [4.78, 5) is 37.9. The van der Waals surface area contributed by atoms with Gasteiger partial charge in [0.05, 0.1) is 0 Å². The van der Waals surface area contributed by atoms with Gasteiger partial charge in [-0.05, 0) is 64.2 Å². The van der Waals surface area contributed by atoms with E-state index in [9.17, 15) is 14.4 Å². The van der Waals surface area contributed by atoms with Crippen LogP contribution in [0.5, 0.6) is 0 Å². The third-order valence-electron chi connectivity index (χ3n) is 11.8. The van der Waals surface area contributed by atoms with Crippen molar-refractivity contribution < 1.29 is 28.6 Å². The summed E-state index contributed by atoms with van der Waals surface area (Å²) in [7, 11) is 0. The van der Waals surface area contributed by atoms with Crippen LogP contribution in [0.2, 0.25) is 0 Å². The van der Waals surface area contributed by atoms with Crippen molar-refractivity contribution in [3.8, 4) is 0 Å². The van der Waals surface area contributed by atoms with Crippen LogP contribution in [0.4, 0.5) is 0 Å². The first-order valence-electron chi connectivity index (χ1n) is 27.3. The normalized spacial score (nSPS) is 12.5. The van der Waals surface area contributed by atoms with Gasteiger partial charge >= 0.3 is 17.9 Å². The van der Waals surface area contributed by atoms with E-state index in [1.807, 2.05) is 0 Å². The Kier molecular flexibility index (Phi) is 50.4. The summed E-state index contributed by atoms with van der Waals surface area (Å²) >= 11 is 0. The van der Waals surface area contributed by atoms with Gasteiger partial charge < -0.3 is 14.2 Å². The highest BCUT2D eigenvalue weighted by atomic mass is 16.6. The van der Waals surface area contributed by atoms with Gasteiger partial charge in [0.1, 0.15) is 13.2 Å². The lowest BCUT2D eigenvalue weighted by atomic mass is 10.0. The molecular formula is C58H102O6. The maximum absolute atomic E-state index is 12.8. The van der Waals surface area contributed by atoms with Gasteiger partial charge in [0.2, 0.25) is 0 Å². The number of allylic oxidation sites excluding steroid dienone is 10. The summed E-state index contributed by atoms with van der Waals surface area (Å²) < 4.78 is 16.7. The van der Waals surface area contributed by atoms with E-state index in [-0.39, 0.29) is 31.1 Å². The molecule has 0 rings (SSSR count). The fourth-order valence-corrected chi connectivity index (χ4v) is 7.70. The van der Waals surface area contributed by atoms with Crippen molar-refractivity contribution in [2.45, 2.75) is 277 Å². The van der Waals surface area contributed by atoms with Crippen LogP contribution in [0.3, 0.4) is 0 Å². The first kappa shape index (κ1) is 61.1.